The van der Waals surface area contributed by atoms with Crippen molar-refractivity contribution in [3.8, 4) is 17.0 Å². The largest absolute Gasteiger partial charge is 0.496 e. The molecule has 0 aliphatic heterocycles. The zero-order chi connectivity index (χ0) is 20.8. The summed E-state index contributed by atoms with van der Waals surface area (Å²) in [6.07, 6.45) is 0.0391. The van der Waals surface area contributed by atoms with Crippen LogP contribution in [0, 0.1) is 6.92 Å². The van der Waals surface area contributed by atoms with Gasteiger partial charge in [0.1, 0.15) is 5.75 Å². The molecule has 1 unspecified atom stereocenters. The lowest BCUT2D eigenvalue weighted by Gasteiger charge is -2.19. The monoisotopic (exact) mass is 410 g/mol. The molecule has 1 heterocycles. The van der Waals surface area contributed by atoms with E-state index < -0.39 is 12.1 Å². The molecular formula is C21H22N4O3S. The van der Waals surface area contributed by atoms with Crippen LogP contribution in [-0.4, -0.2) is 24.0 Å². The van der Waals surface area contributed by atoms with Crippen LogP contribution in [-0.2, 0) is 4.79 Å². The van der Waals surface area contributed by atoms with Gasteiger partial charge in [0.25, 0.3) is 0 Å². The number of nitrogens with one attached hydrogen (secondary N) is 2. The van der Waals surface area contributed by atoms with Crippen LogP contribution in [0.1, 0.15) is 23.6 Å². The molecule has 0 bridgehead atoms. The maximum atomic E-state index is 12.6. The van der Waals surface area contributed by atoms with Gasteiger partial charge in [-0.15, -0.1) is 11.3 Å². The summed E-state index contributed by atoms with van der Waals surface area (Å²) in [5.74, 6) is 0.439. The van der Waals surface area contributed by atoms with E-state index in [9.17, 15) is 9.59 Å². The van der Waals surface area contributed by atoms with Crippen molar-refractivity contribution < 1.29 is 14.3 Å². The summed E-state index contributed by atoms with van der Waals surface area (Å²) in [5, 5.41) is 7.77. The van der Waals surface area contributed by atoms with Crippen LogP contribution in [0.2, 0.25) is 0 Å². The minimum absolute atomic E-state index is 0.0391. The van der Waals surface area contributed by atoms with Gasteiger partial charge >= 0.3 is 6.03 Å². The van der Waals surface area contributed by atoms with E-state index in [1.807, 2.05) is 60.8 Å². The number of carbonyl (C=O) groups excluding carboxylic acids is 2. The van der Waals surface area contributed by atoms with E-state index >= 15 is 0 Å². The molecule has 8 heteroatoms. The molecule has 1 atom stereocenters. The van der Waals surface area contributed by atoms with Gasteiger partial charge in [-0.2, -0.15) is 0 Å². The summed E-state index contributed by atoms with van der Waals surface area (Å²) < 4.78 is 5.37. The van der Waals surface area contributed by atoms with Crippen LogP contribution < -0.4 is 21.1 Å². The Bertz CT molecular complexity index is 1020. The fourth-order valence-electron chi connectivity index (χ4n) is 3.06. The topological polar surface area (TPSA) is 106 Å². The fraction of sp³-hybridized carbons (Fsp3) is 0.190. The van der Waals surface area contributed by atoms with Crippen LogP contribution in [0.25, 0.3) is 11.3 Å². The number of aryl methyl sites for hydroxylation is 1. The minimum atomic E-state index is -0.682. The number of urea groups is 1. The Morgan fingerprint density at radius 1 is 1.17 bits per heavy atom. The second-order valence-electron chi connectivity index (χ2n) is 6.41. The summed E-state index contributed by atoms with van der Waals surface area (Å²) in [7, 11) is 1.60. The SMILES string of the molecule is COc1ccccc1-c1csc(NC(=O)CC(NC(N)=O)c2ccccc2C)n1. The Balaban J connectivity index is 1.73. The predicted octanol–water partition coefficient (Wildman–Crippen LogP) is 3.87. The molecule has 0 saturated heterocycles. The van der Waals surface area contributed by atoms with Crippen molar-refractivity contribution in [1.82, 2.24) is 10.3 Å². The van der Waals surface area contributed by atoms with E-state index in [1.165, 1.54) is 11.3 Å². The number of methoxy groups -OCH3 is 1. The van der Waals surface area contributed by atoms with E-state index in [0.29, 0.717) is 16.6 Å². The first-order valence-corrected chi connectivity index (χ1v) is 9.86. The first kappa shape index (κ1) is 20.3. The second kappa shape index (κ2) is 9.20. The highest BCUT2D eigenvalue weighted by Gasteiger charge is 2.20. The maximum Gasteiger partial charge on any atom is 0.312 e. The number of amides is 3. The molecule has 29 heavy (non-hydrogen) atoms. The molecular weight excluding hydrogens is 388 g/mol. The van der Waals surface area contributed by atoms with Crippen molar-refractivity contribution in [2.75, 3.05) is 12.4 Å². The molecule has 3 amide bonds. The highest BCUT2D eigenvalue weighted by atomic mass is 32.1. The van der Waals surface area contributed by atoms with Crippen LogP contribution >= 0.6 is 11.3 Å². The predicted molar refractivity (Wildman–Crippen MR) is 114 cm³/mol. The first-order valence-electron chi connectivity index (χ1n) is 8.98. The number of hydrogen-bond donors (Lipinski definition) is 3. The number of anilines is 1. The second-order valence-corrected chi connectivity index (χ2v) is 7.27. The number of ether oxygens (including phenoxy) is 1. The maximum absolute atomic E-state index is 12.6. The van der Waals surface area contributed by atoms with Gasteiger partial charge in [0.2, 0.25) is 5.91 Å². The number of hydrogen-bond acceptors (Lipinski definition) is 5. The highest BCUT2D eigenvalue weighted by molar-refractivity contribution is 7.14. The first-order chi connectivity index (χ1) is 14.0. The normalized spacial score (nSPS) is 11.5. The van der Waals surface area contributed by atoms with Gasteiger partial charge in [0.05, 0.1) is 25.3 Å². The molecule has 0 fully saturated rings. The molecule has 0 spiro atoms. The van der Waals surface area contributed by atoms with Crippen molar-refractivity contribution >= 4 is 28.4 Å². The van der Waals surface area contributed by atoms with Crippen LogP contribution in [0.3, 0.4) is 0 Å². The molecule has 1 aromatic heterocycles. The van der Waals surface area contributed by atoms with Gasteiger partial charge in [-0.25, -0.2) is 9.78 Å². The Kier molecular flexibility index (Phi) is 6.46. The van der Waals surface area contributed by atoms with Crippen molar-refractivity contribution in [3.63, 3.8) is 0 Å². The fourth-order valence-corrected chi connectivity index (χ4v) is 3.78. The third kappa shape index (κ3) is 5.11. The van der Waals surface area contributed by atoms with E-state index in [0.717, 1.165) is 16.7 Å². The van der Waals surface area contributed by atoms with Crippen LogP contribution in [0.4, 0.5) is 9.93 Å². The third-order valence-corrected chi connectivity index (χ3v) is 5.16. The number of para-hydroxylation sites is 1. The zero-order valence-corrected chi connectivity index (χ0v) is 17.0. The molecule has 2 aromatic carbocycles. The lowest BCUT2D eigenvalue weighted by atomic mass is 9.98. The Morgan fingerprint density at radius 2 is 1.90 bits per heavy atom. The molecule has 0 radical (unpaired) electrons. The molecule has 7 nitrogen and oxygen atoms in total. The van der Waals surface area contributed by atoms with Crippen LogP contribution in [0.15, 0.2) is 53.9 Å². The Hall–Kier alpha value is -3.39. The van der Waals surface area contributed by atoms with Gasteiger partial charge in [-0.3, -0.25) is 4.79 Å². The summed E-state index contributed by atoms with van der Waals surface area (Å²) in [5.41, 5.74) is 8.67. The van der Waals surface area contributed by atoms with Crippen molar-refractivity contribution in [3.05, 3.63) is 65.0 Å². The third-order valence-electron chi connectivity index (χ3n) is 4.40. The number of thiazole rings is 1. The van der Waals surface area contributed by atoms with Crippen molar-refractivity contribution in [1.29, 1.82) is 0 Å². The van der Waals surface area contributed by atoms with Gasteiger partial charge in [0.15, 0.2) is 5.13 Å². The lowest BCUT2D eigenvalue weighted by Crippen LogP contribution is -2.35. The van der Waals surface area contributed by atoms with E-state index in [4.69, 9.17) is 10.5 Å². The van der Waals surface area contributed by atoms with E-state index in [1.54, 1.807) is 7.11 Å². The van der Waals surface area contributed by atoms with Crippen molar-refractivity contribution in [2.24, 2.45) is 5.73 Å². The molecule has 3 aromatic rings. The smallest absolute Gasteiger partial charge is 0.312 e. The number of nitrogens with zero attached hydrogens (tertiary/aromatic N) is 1. The molecule has 150 valence electrons. The van der Waals surface area contributed by atoms with Crippen LogP contribution in [0.5, 0.6) is 5.75 Å². The molecule has 4 N–H and O–H groups in total. The van der Waals surface area contributed by atoms with Gasteiger partial charge in [-0.05, 0) is 30.2 Å². The lowest BCUT2D eigenvalue weighted by molar-refractivity contribution is -0.116. The number of aromatic nitrogens is 1. The van der Waals surface area contributed by atoms with Gasteiger partial charge in [0, 0.05) is 10.9 Å². The van der Waals surface area contributed by atoms with E-state index in [-0.39, 0.29) is 12.3 Å². The van der Waals surface area contributed by atoms with Crippen molar-refractivity contribution in [2.45, 2.75) is 19.4 Å². The van der Waals surface area contributed by atoms with E-state index in [2.05, 4.69) is 15.6 Å². The summed E-state index contributed by atoms with van der Waals surface area (Å²) in [6, 6.07) is 13.9. The minimum Gasteiger partial charge on any atom is -0.496 e. The number of carbonyl (C=O) groups is 2. The summed E-state index contributed by atoms with van der Waals surface area (Å²) in [6.45, 7) is 1.92. The molecule has 0 aliphatic rings. The highest BCUT2D eigenvalue weighted by Crippen LogP contribution is 2.32. The van der Waals surface area contributed by atoms with Gasteiger partial charge in [-0.1, -0.05) is 36.4 Å². The molecule has 3 rings (SSSR count). The number of benzene rings is 2. The Morgan fingerprint density at radius 3 is 2.62 bits per heavy atom. The molecule has 0 aliphatic carbocycles. The van der Waals surface area contributed by atoms with Gasteiger partial charge < -0.3 is 21.1 Å². The zero-order valence-electron chi connectivity index (χ0n) is 16.1. The quantitative estimate of drug-likeness (QED) is 0.550. The number of rotatable bonds is 7. The molecule has 0 saturated carbocycles. The average molecular weight is 410 g/mol. The summed E-state index contributed by atoms with van der Waals surface area (Å²) in [4.78, 5) is 28.5. The number of nitrogens with two attached hydrogens (primary N) is 1. The Labute approximate surface area is 172 Å². The number of primary amides is 1. The summed E-state index contributed by atoms with van der Waals surface area (Å²) >= 11 is 1.32. The standard InChI is InChI=1S/C21H22N4O3S/c1-13-7-3-4-8-14(13)16(23-20(22)27)11-19(26)25-21-24-17(12-29-21)15-9-5-6-10-18(15)28-2/h3-10,12,16H,11H2,1-2H3,(H3,22,23,27)(H,24,25,26). The average Bonchev–Trinajstić information content (AvgIpc) is 3.15.